The molecule has 0 atom stereocenters. The van der Waals surface area contributed by atoms with Gasteiger partial charge in [-0.3, -0.25) is 4.79 Å². The van der Waals surface area contributed by atoms with Crippen LogP contribution < -0.4 is 5.73 Å². The van der Waals surface area contributed by atoms with E-state index in [4.69, 9.17) is 5.73 Å². The third kappa shape index (κ3) is 1.92. The smallest absolute Gasteiger partial charge is 0.176 e. The number of ketones is 1. The van der Waals surface area contributed by atoms with Gasteiger partial charge in [0.15, 0.2) is 5.78 Å². The lowest BCUT2D eigenvalue weighted by Gasteiger charge is -2.04. The molecule has 0 bridgehead atoms. The molecule has 0 unspecified atom stereocenters. The van der Waals surface area contributed by atoms with Gasteiger partial charge in [0.05, 0.1) is 6.54 Å². The van der Waals surface area contributed by atoms with E-state index in [9.17, 15) is 9.18 Å². The molecule has 2 N–H and O–H groups in total. The molecule has 1 rings (SSSR count). The van der Waals surface area contributed by atoms with Gasteiger partial charge in [0.2, 0.25) is 0 Å². The minimum absolute atomic E-state index is 0.0372. The highest BCUT2D eigenvalue weighted by atomic mass is 19.1. The highest BCUT2D eigenvalue weighted by Crippen LogP contribution is 2.14. The third-order valence-corrected chi connectivity index (χ3v) is 1.94. The number of hydrogen-bond acceptors (Lipinski definition) is 2. The summed E-state index contributed by atoms with van der Waals surface area (Å²) in [4.78, 5) is 11.2. The van der Waals surface area contributed by atoms with Gasteiger partial charge in [-0.05, 0) is 37.1 Å². The highest BCUT2D eigenvalue weighted by molar-refractivity contribution is 5.97. The Balaban J connectivity index is 3.20. The van der Waals surface area contributed by atoms with E-state index < -0.39 is 0 Å². The van der Waals surface area contributed by atoms with Crippen molar-refractivity contribution in [3.05, 3.63) is 34.6 Å². The van der Waals surface area contributed by atoms with Crippen molar-refractivity contribution in [2.45, 2.75) is 13.8 Å². The molecule has 0 aromatic heterocycles. The van der Waals surface area contributed by atoms with Crippen LogP contribution in [0.2, 0.25) is 0 Å². The third-order valence-electron chi connectivity index (χ3n) is 1.94. The number of hydrogen-bond donors (Lipinski definition) is 1. The van der Waals surface area contributed by atoms with E-state index in [1.165, 1.54) is 12.1 Å². The molecule has 0 aliphatic rings. The normalized spacial score (nSPS) is 10.2. The molecule has 0 saturated heterocycles. The number of rotatable bonds is 2. The van der Waals surface area contributed by atoms with Crippen molar-refractivity contribution in [3.63, 3.8) is 0 Å². The van der Waals surface area contributed by atoms with Crippen molar-refractivity contribution in [1.29, 1.82) is 0 Å². The van der Waals surface area contributed by atoms with Crippen molar-refractivity contribution in [2.75, 3.05) is 6.54 Å². The first-order valence-electron chi connectivity index (χ1n) is 4.06. The summed E-state index contributed by atoms with van der Waals surface area (Å²) >= 11 is 0. The second kappa shape index (κ2) is 3.66. The van der Waals surface area contributed by atoms with Crippen LogP contribution in [0.25, 0.3) is 0 Å². The average molecular weight is 181 g/mol. The van der Waals surface area contributed by atoms with Crippen LogP contribution >= 0.6 is 0 Å². The van der Waals surface area contributed by atoms with E-state index in [0.717, 1.165) is 0 Å². The fraction of sp³-hybridized carbons (Fsp3) is 0.300. The molecule has 2 nitrogen and oxygen atoms in total. The molecule has 0 fully saturated rings. The van der Waals surface area contributed by atoms with Crippen LogP contribution in [0.4, 0.5) is 4.39 Å². The van der Waals surface area contributed by atoms with Gasteiger partial charge in [-0.1, -0.05) is 0 Å². The van der Waals surface area contributed by atoms with Crippen LogP contribution in [0.3, 0.4) is 0 Å². The zero-order valence-corrected chi connectivity index (χ0v) is 7.73. The number of Topliss-reactive ketones (excluding diaryl/α,β-unsaturated/α-hetero) is 1. The Morgan fingerprint density at radius 2 is 1.85 bits per heavy atom. The number of benzene rings is 1. The summed E-state index contributed by atoms with van der Waals surface area (Å²) in [6, 6.07) is 3.05. The molecule has 1 aromatic rings. The fourth-order valence-corrected chi connectivity index (χ4v) is 1.22. The van der Waals surface area contributed by atoms with Crippen molar-refractivity contribution in [2.24, 2.45) is 5.73 Å². The SMILES string of the molecule is Cc1cc(C(=O)CN)cc(C)c1F. The topological polar surface area (TPSA) is 43.1 Å². The number of carbonyl (C=O) groups excluding carboxylic acids is 1. The predicted molar refractivity (Wildman–Crippen MR) is 49.3 cm³/mol. The van der Waals surface area contributed by atoms with E-state index in [1.54, 1.807) is 13.8 Å². The minimum Gasteiger partial charge on any atom is -0.324 e. The molecule has 0 aliphatic heterocycles. The Morgan fingerprint density at radius 1 is 1.38 bits per heavy atom. The van der Waals surface area contributed by atoms with Crippen molar-refractivity contribution in [1.82, 2.24) is 0 Å². The second-order valence-corrected chi connectivity index (χ2v) is 3.05. The molecule has 0 heterocycles. The summed E-state index contributed by atoms with van der Waals surface area (Å²) in [5, 5.41) is 0. The molecular formula is C10H12FNO. The van der Waals surface area contributed by atoms with Crippen molar-refractivity contribution < 1.29 is 9.18 Å². The monoisotopic (exact) mass is 181 g/mol. The standard InChI is InChI=1S/C10H12FNO/c1-6-3-8(9(13)5-12)4-7(2)10(6)11/h3-4H,5,12H2,1-2H3. The first kappa shape index (κ1) is 9.86. The zero-order valence-electron chi connectivity index (χ0n) is 7.73. The maximum absolute atomic E-state index is 13.1. The number of carbonyl (C=O) groups is 1. The number of halogens is 1. The molecule has 0 spiro atoms. The van der Waals surface area contributed by atoms with Gasteiger partial charge in [0.25, 0.3) is 0 Å². The summed E-state index contributed by atoms with van der Waals surface area (Å²) in [5.41, 5.74) is 6.65. The van der Waals surface area contributed by atoms with Crippen molar-refractivity contribution >= 4 is 5.78 Å². The maximum atomic E-state index is 13.1. The molecule has 13 heavy (non-hydrogen) atoms. The molecule has 1 aromatic carbocycles. The number of nitrogens with two attached hydrogens (primary N) is 1. The lowest BCUT2D eigenvalue weighted by molar-refractivity contribution is 0.100. The largest absolute Gasteiger partial charge is 0.324 e. The maximum Gasteiger partial charge on any atom is 0.176 e. The first-order valence-corrected chi connectivity index (χ1v) is 4.06. The fourth-order valence-electron chi connectivity index (χ4n) is 1.22. The van der Waals surface area contributed by atoms with Crippen LogP contribution in [0.5, 0.6) is 0 Å². The molecule has 0 amide bonds. The van der Waals surface area contributed by atoms with Crippen molar-refractivity contribution in [3.8, 4) is 0 Å². The average Bonchev–Trinajstić information content (AvgIpc) is 2.12. The van der Waals surface area contributed by atoms with Crippen LogP contribution in [-0.4, -0.2) is 12.3 Å². The molecule has 70 valence electrons. The van der Waals surface area contributed by atoms with Crippen LogP contribution in [0.1, 0.15) is 21.5 Å². The Bertz CT molecular complexity index is 324. The molecule has 3 heteroatoms. The van der Waals surface area contributed by atoms with E-state index in [0.29, 0.717) is 16.7 Å². The summed E-state index contributed by atoms with van der Waals surface area (Å²) < 4.78 is 13.1. The van der Waals surface area contributed by atoms with Gasteiger partial charge in [-0.2, -0.15) is 0 Å². The molecule has 0 radical (unpaired) electrons. The molecule has 0 saturated carbocycles. The van der Waals surface area contributed by atoms with Gasteiger partial charge >= 0.3 is 0 Å². The summed E-state index contributed by atoms with van der Waals surface area (Å²) in [6.07, 6.45) is 0. The van der Waals surface area contributed by atoms with Gasteiger partial charge in [0.1, 0.15) is 5.82 Å². The predicted octanol–water partition coefficient (Wildman–Crippen LogP) is 1.58. The van der Waals surface area contributed by atoms with Gasteiger partial charge < -0.3 is 5.73 Å². The second-order valence-electron chi connectivity index (χ2n) is 3.05. The summed E-state index contributed by atoms with van der Waals surface area (Å²) in [7, 11) is 0. The summed E-state index contributed by atoms with van der Waals surface area (Å²) in [5.74, 6) is -0.417. The Labute approximate surface area is 76.6 Å². The van der Waals surface area contributed by atoms with E-state index >= 15 is 0 Å². The van der Waals surface area contributed by atoms with E-state index in [-0.39, 0.29) is 18.1 Å². The van der Waals surface area contributed by atoms with Crippen LogP contribution in [0.15, 0.2) is 12.1 Å². The van der Waals surface area contributed by atoms with Gasteiger partial charge in [-0.25, -0.2) is 4.39 Å². The lowest BCUT2D eigenvalue weighted by atomic mass is 10.0. The molecular weight excluding hydrogens is 169 g/mol. The number of aryl methyl sites for hydroxylation is 2. The van der Waals surface area contributed by atoms with E-state index in [1.807, 2.05) is 0 Å². The van der Waals surface area contributed by atoms with Crippen LogP contribution in [-0.2, 0) is 0 Å². The minimum atomic E-state index is -0.256. The first-order chi connectivity index (χ1) is 6.06. The molecule has 0 aliphatic carbocycles. The van der Waals surface area contributed by atoms with Gasteiger partial charge in [0, 0.05) is 5.56 Å². The quantitative estimate of drug-likeness (QED) is 0.704. The lowest BCUT2D eigenvalue weighted by Crippen LogP contribution is -2.14. The highest BCUT2D eigenvalue weighted by Gasteiger charge is 2.08. The van der Waals surface area contributed by atoms with Gasteiger partial charge in [-0.15, -0.1) is 0 Å². The Kier molecular flexibility index (Phi) is 2.78. The summed E-state index contributed by atoms with van der Waals surface area (Å²) in [6.45, 7) is 3.23. The Hall–Kier alpha value is -1.22. The Morgan fingerprint density at radius 3 is 2.23 bits per heavy atom. The van der Waals surface area contributed by atoms with Crippen LogP contribution in [0, 0.1) is 19.7 Å². The van der Waals surface area contributed by atoms with E-state index in [2.05, 4.69) is 0 Å². The zero-order chi connectivity index (χ0) is 10.0.